The summed E-state index contributed by atoms with van der Waals surface area (Å²) >= 11 is 0. The molecule has 0 radical (unpaired) electrons. The molecule has 3 heteroatoms. The number of nitrogens with zero attached hydrogens (tertiary/aromatic N) is 2. The Morgan fingerprint density at radius 1 is 0.632 bits per heavy atom. The second kappa shape index (κ2) is 7.61. The van der Waals surface area contributed by atoms with Gasteiger partial charge in [0.2, 0.25) is 0 Å². The Hall–Kier alpha value is -2.68. The summed E-state index contributed by atoms with van der Waals surface area (Å²) in [4.78, 5) is 0. The molecule has 0 aliphatic heterocycles. The van der Waals surface area contributed by atoms with E-state index in [1.165, 1.54) is 11.1 Å². The highest BCUT2D eigenvalue weighted by Crippen LogP contribution is 2.06. The van der Waals surface area contributed by atoms with Crippen molar-refractivity contribution in [1.82, 2.24) is 15.4 Å². The topological polar surface area (TPSA) is 41.6 Å². The fourth-order valence-electron chi connectivity index (χ4n) is 1.49. The van der Waals surface area contributed by atoms with Gasteiger partial charge in [-0.05, 0) is 11.1 Å². The van der Waals surface area contributed by atoms with Crippen LogP contribution in [0.4, 0.5) is 0 Å². The van der Waals surface area contributed by atoms with Gasteiger partial charge in [0.05, 0.1) is 12.4 Å². The molecule has 2 aromatic carbocycles. The molecule has 0 aliphatic rings. The van der Waals surface area contributed by atoms with Crippen molar-refractivity contribution in [2.75, 3.05) is 0 Å². The summed E-state index contributed by atoms with van der Waals surface area (Å²) in [5.74, 6) is 0. The highest BCUT2D eigenvalue weighted by Gasteiger charge is 1.84. The molecule has 0 bridgehead atoms. The van der Waals surface area contributed by atoms with Crippen LogP contribution in [0.5, 0.6) is 0 Å². The molecule has 0 fully saturated rings. The summed E-state index contributed by atoms with van der Waals surface area (Å²) in [5, 5.41) is 9.33. The number of hydrogen-bond donors (Lipinski definition) is 1. The summed E-state index contributed by atoms with van der Waals surface area (Å²) in [6.45, 7) is 0. The molecule has 0 atom stereocenters. The molecular weight excluding hydrogens is 234 g/mol. The number of rotatable bonds is 2. The van der Waals surface area contributed by atoms with E-state index < -0.39 is 0 Å². The van der Waals surface area contributed by atoms with Crippen LogP contribution in [0.15, 0.2) is 73.1 Å². The molecule has 0 unspecified atom stereocenters. The second-order valence-electron chi connectivity index (χ2n) is 3.81. The molecule has 3 rings (SSSR count). The Labute approximate surface area is 112 Å². The molecular formula is C16H15N3. The number of H-pyrrole nitrogens is 1. The fraction of sp³-hybridized carbons (Fsp3) is 0. The van der Waals surface area contributed by atoms with Gasteiger partial charge in [0.1, 0.15) is 0 Å². The highest BCUT2D eigenvalue weighted by molar-refractivity contribution is 5.69. The maximum Gasteiger partial charge on any atom is 0.0690 e. The third-order valence-corrected chi connectivity index (χ3v) is 2.40. The minimum absolute atomic E-state index is 1.23. The van der Waals surface area contributed by atoms with E-state index in [-0.39, 0.29) is 0 Å². The first-order chi connectivity index (χ1) is 9.45. The molecule has 1 aromatic heterocycles. The predicted octanol–water partition coefficient (Wildman–Crippen LogP) is 3.66. The van der Waals surface area contributed by atoms with Crippen molar-refractivity contribution in [2.24, 2.45) is 0 Å². The first kappa shape index (κ1) is 12.8. The van der Waals surface area contributed by atoms with Gasteiger partial charge in [-0.25, -0.2) is 0 Å². The average molecular weight is 249 g/mol. The predicted molar refractivity (Wildman–Crippen MR) is 78.2 cm³/mol. The molecule has 0 saturated heterocycles. The van der Waals surface area contributed by atoms with Crippen molar-refractivity contribution < 1.29 is 0 Å². The van der Waals surface area contributed by atoms with Crippen LogP contribution in [-0.2, 0) is 0 Å². The van der Waals surface area contributed by atoms with E-state index in [1.54, 1.807) is 12.4 Å². The summed E-state index contributed by atoms with van der Waals surface area (Å²) in [6, 6.07) is 20.6. The summed E-state index contributed by atoms with van der Waals surface area (Å²) in [6.07, 6.45) is 7.41. The van der Waals surface area contributed by atoms with Crippen molar-refractivity contribution in [3.8, 4) is 0 Å². The van der Waals surface area contributed by atoms with Crippen molar-refractivity contribution in [2.45, 2.75) is 0 Å². The maximum atomic E-state index is 3.49. The van der Waals surface area contributed by atoms with Gasteiger partial charge in [-0.3, -0.25) is 0 Å². The molecule has 3 aromatic rings. The average Bonchev–Trinajstić information content (AvgIpc) is 3.07. The van der Waals surface area contributed by atoms with Gasteiger partial charge in [0.15, 0.2) is 0 Å². The lowest BCUT2D eigenvalue weighted by Gasteiger charge is -1.92. The van der Waals surface area contributed by atoms with Gasteiger partial charge in [-0.15, -0.1) is 0 Å². The van der Waals surface area contributed by atoms with Crippen molar-refractivity contribution in [3.05, 3.63) is 84.2 Å². The largest absolute Gasteiger partial charge is 0.198 e. The van der Waals surface area contributed by atoms with Gasteiger partial charge in [-0.1, -0.05) is 72.8 Å². The molecule has 3 nitrogen and oxygen atoms in total. The Morgan fingerprint density at radius 2 is 1.05 bits per heavy atom. The van der Waals surface area contributed by atoms with E-state index in [9.17, 15) is 0 Å². The number of nitrogens with one attached hydrogen (secondary N) is 1. The van der Waals surface area contributed by atoms with Crippen LogP contribution in [0.1, 0.15) is 11.1 Å². The van der Waals surface area contributed by atoms with Gasteiger partial charge in [0.25, 0.3) is 0 Å². The zero-order valence-electron chi connectivity index (χ0n) is 10.5. The van der Waals surface area contributed by atoms with Crippen LogP contribution < -0.4 is 0 Å². The number of hydrogen-bond acceptors (Lipinski definition) is 2. The summed E-state index contributed by atoms with van der Waals surface area (Å²) in [7, 11) is 0. The van der Waals surface area contributed by atoms with Crippen molar-refractivity contribution in [1.29, 1.82) is 0 Å². The molecule has 0 saturated carbocycles. The molecule has 1 heterocycles. The van der Waals surface area contributed by atoms with Gasteiger partial charge < -0.3 is 0 Å². The van der Waals surface area contributed by atoms with Crippen LogP contribution in [0, 0.1) is 0 Å². The summed E-state index contributed by atoms with van der Waals surface area (Å²) < 4.78 is 0. The van der Waals surface area contributed by atoms with Crippen LogP contribution in [0.25, 0.3) is 12.2 Å². The summed E-state index contributed by atoms with van der Waals surface area (Å²) in [5.41, 5.74) is 2.47. The number of aromatic amines is 1. The number of benzene rings is 2. The molecule has 19 heavy (non-hydrogen) atoms. The van der Waals surface area contributed by atoms with Crippen LogP contribution in [0.2, 0.25) is 0 Å². The van der Waals surface area contributed by atoms with Crippen LogP contribution >= 0.6 is 0 Å². The SMILES string of the molecule is C(=C\c1ccccc1)/c1ccccc1.c1cn[nH]n1. The maximum absolute atomic E-state index is 3.49. The standard InChI is InChI=1S/C14H12.C2H3N3/c1-3-7-13(8-4-1)11-12-14-9-5-2-6-10-14;1-2-4-5-3-1/h1-12H;1-2H,(H,3,4,5)/b12-11+;. The first-order valence-corrected chi connectivity index (χ1v) is 6.03. The Bertz CT molecular complexity index is 513. The molecule has 94 valence electrons. The van der Waals surface area contributed by atoms with E-state index in [2.05, 4.69) is 51.8 Å². The van der Waals surface area contributed by atoms with Crippen molar-refractivity contribution in [3.63, 3.8) is 0 Å². The van der Waals surface area contributed by atoms with Crippen LogP contribution in [-0.4, -0.2) is 15.4 Å². The zero-order chi connectivity index (χ0) is 13.2. The Balaban J connectivity index is 0.000000224. The smallest absolute Gasteiger partial charge is 0.0690 e. The lowest BCUT2D eigenvalue weighted by Crippen LogP contribution is -1.70. The Kier molecular flexibility index (Phi) is 5.11. The quantitative estimate of drug-likeness (QED) is 0.704. The minimum atomic E-state index is 1.23. The zero-order valence-corrected chi connectivity index (χ0v) is 10.5. The third kappa shape index (κ3) is 5.00. The number of aromatic nitrogens is 3. The van der Waals surface area contributed by atoms with Gasteiger partial charge in [-0.2, -0.15) is 15.4 Å². The van der Waals surface area contributed by atoms with Crippen molar-refractivity contribution >= 4 is 12.2 Å². The second-order valence-corrected chi connectivity index (χ2v) is 3.81. The van der Waals surface area contributed by atoms with E-state index in [4.69, 9.17) is 0 Å². The molecule has 1 N–H and O–H groups in total. The lowest BCUT2D eigenvalue weighted by molar-refractivity contribution is 0.940. The van der Waals surface area contributed by atoms with Gasteiger partial charge >= 0.3 is 0 Å². The van der Waals surface area contributed by atoms with E-state index in [1.807, 2.05) is 36.4 Å². The molecule has 0 aliphatic carbocycles. The fourth-order valence-corrected chi connectivity index (χ4v) is 1.49. The van der Waals surface area contributed by atoms with Crippen LogP contribution in [0.3, 0.4) is 0 Å². The monoisotopic (exact) mass is 249 g/mol. The normalized spacial score (nSPS) is 9.89. The first-order valence-electron chi connectivity index (χ1n) is 6.03. The van der Waals surface area contributed by atoms with E-state index in [0.717, 1.165) is 0 Å². The van der Waals surface area contributed by atoms with E-state index in [0.29, 0.717) is 0 Å². The minimum Gasteiger partial charge on any atom is -0.198 e. The highest BCUT2D eigenvalue weighted by atomic mass is 15.3. The molecule has 0 spiro atoms. The Morgan fingerprint density at radius 3 is 1.37 bits per heavy atom. The van der Waals surface area contributed by atoms with E-state index >= 15 is 0 Å². The van der Waals surface area contributed by atoms with Gasteiger partial charge in [0, 0.05) is 0 Å². The third-order valence-electron chi connectivity index (χ3n) is 2.40. The lowest BCUT2D eigenvalue weighted by atomic mass is 10.1. The molecule has 0 amide bonds.